The van der Waals surface area contributed by atoms with E-state index in [2.05, 4.69) is 52.8 Å². The van der Waals surface area contributed by atoms with Gasteiger partial charge in [0.25, 0.3) is 5.56 Å². The van der Waals surface area contributed by atoms with Crippen molar-refractivity contribution >= 4 is 62.8 Å². The zero-order chi connectivity index (χ0) is 43.3. The highest BCUT2D eigenvalue weighted by Crippen LogP contribution is 2.62. The Labute approximate surface area is 351 Å². The maximum Gasteiger partial charge on any atom is 0.418 e. The molecule has 5 aromatic rings. The van der Waals surface area contributed by atoms with E-state index in [1.807, 2.05) is 10.9 Å². The third-order valence-corrected chi connectivity index (χ3v) is 11.1. The van der Waals surface area contributed by atoms with Crippen LogP contribution in [0, 0.1) is 22.7 Å². The topological polar surface area (TPSA) is 196 Å². The highest BCUT2D eigenvalue weighted by atomic mass is 35.5. The molecule has 0 spiro atoms. The number of fused-ring (bicyclic) bond motifs is 2. The molecule has 0 radical (unpaired) electrons. The van der Waals surface area contributed by atoms with Crippen LogP contribution < -0.4 is 21.1 Å². The summed E-state index contributed by atoms with van der Waals surface area (Å²) in [5.41, 5.74) is 0.817. The van der Waals surface area contributed by atoms with Gasteiger partial charge in [0, 0.05) is 36.8 Å². The number of benzene rings is 2. The summed E-state index contributed by atoms with van der Waals surface area (Å²) in [6.45, 7) is 12.3. The zero-order valence-electron chi connectivity index (χ0n) is 34.8. The van der Waals surface area contributed by atoms with Crippen molar-refractivity contribution in [1.82, 2.24) is 29.9 Å². The Balaban J connectivity index is 1.36. The minimum atomic E-state index is -1.15. The van der Waals surface area contributed by atoms with Crippen LogP contribution in [0.4, 0.5) is 21.0 Å². The van der Waals surface area contributed by atoms with Crippen LogP contribution >= 0.6 is 11.6 Å². The van der Waals surface area contributed by atoms with E-state index >= 15 is 0 Å². The van der Waals surface area contributed by atoms with Gasteiger partial charge in [0.2, 0.25) is 6.79 Å². The first-order chi connectivity index (χ1) is 28.3. The lowest BCUT2D eigenvalue weighted by Gasteiger charge is -2.61. The molecule has 3 heterocycles. The standard InChI is InChI=1S/C43H48ClN9O7/c1-24(48-39(56)60-42(5,6)7)38(55)58-23-59-40(57)53(27-14-31-34(47-22-41(2,3)4)26(19-45)20-46-35(31)32(44)15-27)36(33-21-52(50-49-33)43-16-25(17-43)18-43)29-10-9-11-30-28(29)12-13-51(8)37(30)54/h9-15,20-21,24-25,36H,16-18,22-23H2,1-8H3,(H,46,47)(H,48,56)/t24-,25?,36?,43?/m0/s1. The number of nitrogens with one attached hydrogen (secondary N) is 2. The number of amides is 2. The number of rotatable bonds is 11. The Hall–Kier alpha value is -6.21. The average molecular weight is 838 g/mol. The smallest absolute Gasteiger partial charge is 0.418 e. The van der Waals surface area contributed by atoms with Gasteiger partial charge in [0.05, 0.1) is 39.2 Å². The third-order valence-electron chi connectivity index (χ3n) is 10.8. The molecule has 3 aliphatic carbocycles. The monoisotopic (exact) mass is 837 g/mol. The molecular weight excluding hydrogens is 790 g/mol. The van der Waals surface area contributed by atoms with Crippen molar-refractivity contribution in [2.24, 2.45) is 18.4 Å². The summed E-state index contributed by atoms with van der Waals surface area (Å²) < 4.78 is 19.6. The summed E-state index contributed by atoms with van der Waals surface area (Å²) in [5, 5.41) is 26.8. The van der Waals surface area contributed by atoms with Gasteiger partial charge in [0.1, 0.15) is 29.4 Å². The number of nitriles is 1. The third kappa shape index (κ3) is 8.31. The molecule has 314 valence electrons. The molecule has 17 heteroatoms. The van der Waals surface area contributed by atoms with Crippen LogP contribution in [0.25, 0.3) is 21.7 Å². The Morgan fingerprint density at radius 1 is 1.07 bits per heavy atom. The molecule has 3 aliphatic rings. The summed E-state index contributed by atoms with van der Waals surface area (Å²) in [7, 11) is 1.65. The Morgan fingerprint density at radius 3 is 2.45 bits per heavy atom. The van der Waals surface area contributed by atoms with E-state index in [-0.39, 0.29) is 32.8 Å². The van der Waals surface area contributed by atoms with E-state index in [0.717, 1.165) is 19.3 Å². The van der Waals surface area contributed by atoms with Crippen molar-refractivity contribution in [2.75, 3.05) is 23.6 Å². The molecule has 16 nitrogen and oxygen atoms in total. The quantitative estimate of drug-likeness (QED) is 0.0996. The molecule has 2 bridgehead atoms. The summed E-state index contributed by atoms with van der Waals surface area (Å²) in [6, 6.07) is 10.2. The van der Waals surface area contributed by atoms with Crippen LogP contribution in [0.1, 0.15) is 90.6 Å². The van der Waals surface area contributed by atoms with Crippen LogP contribution in [0.15, 0.2) is 59.8 Å². The number of halogens is 1. The number of alkyl carbamates (subject to hydrolysis) is 1. The molecule has 3 aromatic heterocycles. The van der Waals surface area contributed by atoms with Crippen molar-refractivity contribution < 1.29 is 28.6 Å². The van der Waals surface area contributed by atoms with Crippen molar-refractivity contribution in [2.45, 2.75) is 91.0 Å². The van der Waals surface area contributed by atoms with Gasteiger partial charge in [0.15, 0.2) is 0 Å². The molecule has 8 rings (SSSR count). The molecule has 2 atom stereocenters. The molecule has 1 unspecified atom stereocenters. The van der Waals surface area contributed by atoms with E-state index < -0.39 is 42.6 Å². The maximum atomic E-state index is 14.8. The molecule has 2 aromatic carbocycles. The summed E-state index contributed by atoms with van der Waals surface area (Å²) in [4.78, 5) is 59.5. The minimum absolute atomic E-state index is 0.155. The SMILES string of the molecule is C[C@H](NC(=O)OC(C)(C)C)C(=O)OCOC(=O)N(c1cc(Cl)c2ncc(C#N)c(NCC(C)(C)C)c2c1)C(c1cn(C23CC(C2)C3)nn1)c1cccc2c(=O)n(C)ccc12. The number of ether oxygens (including phenoxy) is 3. The second kappa shape index (κ2) is 15.8. The molecule has 0 saturated heterocycles. The molecular formula is C43H48ClN9O7. The lowest BCUT2D eigenvalue weighted by Crippen LogP contribution is -2.59. The number of anilines is 2. The minimum Gasteiger partial charge on any atom is -0.444 e. The average Bonchev–Trinajstić information content (AvgIpc) is 3.60. The van der Waals surface area contributed by atoms with Gasteiger partial charge in [-0.1, -0.05) is 49.7 Å². The van der Waals surface area contributed by atoms with Crippen molar-refractivity contribution in [3.8, 4) is 6.07 Å². The number of aromatic nitrogens is 5. The molecule has 3 saturated carbocycles. The van der Waals surface area contributed by atoms with E-state index in [0.29, 0.717) is 51.1 Å². The first-order valence-corrected chi connectivity index (χ1v) is 20.0. The first-order valence-electron chi connectivity index (χ1n) is 19.7. The largest absolute Gasteiger partial charge is 0.444 e. The van der Waals surface area contributed by atoms with Crippen LogP contribution in [-0.4, -0.2) is 67.7 Å². The fourth-order valence-corrected chi connectivity index (χ4v) is 7.93. The Kier molecular flexibility index (Phi) is 11.0. The first kappa shape index (κ1) is 41.9. The maximum absolute atomic E-state index is 14.8. The van der Waals surface area contributed by atoms with E-state index in [9.17, 15) is 24.4 Å². The van der Waals surface area contributed by atoms with Gasteiger partial charge in [-0.2, -0.15) is 5.26 Å². The van der Waals surface area contributed by atoms with Gasteiger partial charge < -0.3 is 29.4 Å². The van der Waals surface area contributed by atoms with Gasteiger partial charge in [-0.15, -0.1) is 5.10 Å². The van der Waals surface area contributed by atoms with Gasteiger partial charge in [-0.05, 0) is 93.5 Å². The Bertz CT molecular complexity index is 2600. The van der Waals surface area contributed by atoms with Crippen LogP contribution in [0.3, 0.4) is 0 Å². The number of pyridine rings is 2. The number of nitrogens with zero attached hydrogens (tertiary/aromatic N) is 7. The van der Waals surface area contributed by atoms with E-state index in [1.54, 1.807) is 70.4 Å². The van der Waals surface area contributed by atoms with Gasteiger partial charge >= 0.3 is 18.2 Å². The number of aryl methyl sites for hydroxylation is 1. The van der Waals surface area contributed by atoms with Gasteiger partial charge in [-0.25, -0.2) is 19.1 Å². The van der Waals surface area contributed by atoms with Crippen molar-refractivity contribution in [1.29, 1.82) is 5.26 Å². The van der Waals surface area contributed by atoms with Crippen LogP contribution in [0.5, 0.6) is 0 Å². The molecule has 3 fully saturated rings. The number of hydrogen-bond acceptors (Lipinski definition) is 12. The predicted molar refractivity (Wildman–Crippen MR) is 225 cm³/mol. The van der Waals surface area contributed by atoms with Crippen LogP contribution in [-0.2, 0) is 31.6 Å². The predicted octanol–water partition coefficient (Wildman–Crippen LogP) is 7.32. The lowest BCUT2D eigenvalue weighted by molar-refractivity contribution is -0.153. The summed E-state index contributed by atoms with van der Waals surface area (Å²) in [5.74, 6) is -0.242. The molecule has 2 amide bonds. The van der Waals surface area contributed by atoms with E-state index in [1.165, 1.54) is 22.6 Å². The fraction of sp³-hybridized carbons (Fsp3) is 0.442. The second-order valence-electron chi connectivity index (χ2n) is 17.9. The van der Waals surface area contributed by atoms with E-state index in [4.69, 9.17) is 25.8 Å². The number of hydrogen-bond donors (Lipinski definition) is 2. The lowest BCUT2D eigenvalue weighted by atomic mass is 9.50. The summed E-state index contributed by atoms with van der Waals surface area (Å²) >= 11 is 7.01. The highest BCUT2D eigenvalue weighted by Gasteiger charge is 2.59. The zero-order valence-corrected chi connectivity index (χ0v) is 35.6. The normalized spacial score (nSPS) is 18.0. The summed E-state index contributed by atoms with van der Waals surface area (Å²) in [6.07, 6.45) is 6.03. The number of carbonyl (C=O) groups is 3. The molecule has 0 aliphatic heterocycles. The molecule has 2 N–H and O–H groups in total. The number of carbonyl (C=O) groups excluding carboxylic acids is 3. The highest BCUT2D eigenvalue weighted by molar-refractivity contribution is 6.36. The fourth-order valence-electron chi connectivity index (χ4n) is 7.66. The Morgan fingerprint density at radius 2 is 1.80 bits per heavy atom. The van der Waals surface area contributed by atoms with Crippen LogP contribution in [0.2, 0.25) is 5.02 Å². The van der Waals surface area contributed by atoms with Crippen molar-refractivity contribution in [3.05, 3.63) is 87.2 Å². The van der Waals surface area contributed by atoms with Gasteiger partial charge in [-0.3, -0.25) is 14.7 Å². The molecule has 60 heavy (non-hydrogen) atoms. The number of esters is 1. The second-order valence-corrected chi connectivity index (χ2v) is 18.3. The van der Waals surface area contributed by atoms with Crippen molar-refractivity contribution in [3.63, 3.8) is 0 Å².